The summed E-state index contributed by atoms with van der Waals surface area (Å²) >= 11 is 0. The van der Waals surface area contributed by atoms with Crippen molar-refractivity contribution in [3.05, 3.63) is 11.1 Å². The zero-order chi connectivity index (χ0) is 7.86. The van der Waals surface area contributed by atoms with Gasteiger partial charge in [0, 0.05) is 9.52 Å². The van der Waals surface area contributed by atoms with Crippen LogP contribution in [0.4, 0.5) is 0 Å². The van der Waals surface area contributed by atoms with Gasteiger partial charge in [0.1, 0.15) is 0 Å². The van der Waals surface area contributed by atoms with E-state index in [9.17, 15) is 0 Å². The lowest BCUT2D eigenvalue weighted by atomic mass is 10.2. The number of hydrogen-bond donors (Lipinski definition) is 0. The van der Waals surface area contributed by atoms with Crippen molar-refractivity contribution in [3.8, 4) is 0 Å². The van der Waals surface area contributed by atoms with Crippen LogP contribution in [-0.2, 0) is 0 Å². The molecule has 0 saturated carbocycles. The third kappa shape index (κ3) is 18.0. The monoisotopic (exact) mass is 144 g/mol. The predicted octanol–water partition coefficient (Wildman–Crippen LogP) is 2.61. The van der Waals surface area contributed by atoms with E-state index in [1.807, 2.05) is 0 Å². The summed E-state index contributed by atoms with van der Waals surface area (Å²) in [5.74, 6) is 0. The van der Waals surface area contributed by atoms with Crippen molar-refractivity contribution in [2.24, 2.45) is 0 Å². The standard InChI is InChI=1S/C6H12.C2H8Si/c1-5(2)6(3)4;1-3-2/h1-4H3;3H2,1-2H3. The highest BCUT2D eigenvalue weighted by atomic mass is 28.2. The van der Waals surface area contributed by atoms with Gasteiger partial charge in [-0.2, -0.15) is 0 Å². The normalized spacial score (nSPS) is 7.33. The van der Waals surface area contributed by atoms with Crippen molar-refractivity contribution in [3.63, 3.8) is 0 Å². The van der Waals surface area contributed by atoms with Crippen LogP contribution >= 0.6 is 0 Å². The Bertz CT molecular complexity index is 64.6. The van der Waals surface area contributed by atoms with E-state index in [1.165, 1.54) is 11.1 Å². The summed E-state index contributed by atoms with van der Waals surface area (Å²) in [6.07, 6.45) is 0. The topological polar surface area (TPSA) is 0 Å². The molecule has 0 nitrogen and oxygen atoms in total. The minimum Gasteiger partial charge on any atom is -0.0778 e. The lowest BCUT2D eigenvalue weighted by Gasteiger charge is -1.88. The van der Waals surface area contributed by atoms with E-state index in [-0.39, 0.29) is 0 Å². The maximum absolute atomic E-state index is 2.26. The molecular weight excluding hydrogens is 124 g/mol. The van der Waals surface area contributed by atoms with E-state index in [2.05, 4.69) is 40.8 Å². The Morgan fingerprint density at radius 1 is 0.778 bits per heavy atom. The number of allylic oxidation sites excluding steroid dienone is 2. The average Bonchev–Trinajstić information content (AvgIpc) is 1.68. The molecule has 0 rings (SSSR count). The second kappa shape index (κ2) is 7.96. The van der Waals surface area contributed by atoms with Crippen molar-refractivity contribution in [2.45, 2.75) is 40.8 Å². The Morgan fingerprint density at radius 3 is 0.889 bits per heavy atom. The van der Waals surface area contributed by atoms with Crippen LogP contribution < -0.4 is 0 Å². The van der Waals surface area contributed by atoms with Gasteiger partial charge < -0.3 is 0 Å². The summed E-state index contributed by atoms with van der Waals surface area (Å²) in [7, 11) is 0.417. The molecule has 0 unspecified atom stereocenters. The summed E-state index contributed by atoms with van der Waals surface area (Å²) in [6, 6.07) is 0. The fraction of sp³-hybridized carbons (Fsp3) is 0.750. The highest BCUT2D eigenvalue weighted by Crippen LogP contribution is 1.96. The molecule has 0 aliphatic heterocycles. The van der Waals surface area contributed by atoms with Crippen LogP contribution in [0.2, 0.25) is 13.1 Å². The maximum Gasteiger partial charge on any atom is 0.0135 e. The molecule has 0 saturated heterocycles. The first kappa shape index (κ1) is 11.7. The van der Waals surface area contributed by atoms with Crippen molar-refractivity contribution in [2.75, 3.05) is 0 Å². The largest absolute Gasteiger partial charge is 0.0778 e. The van der Waals surface area contributed by atoms with E-state index in [0.29, 0.717) is 9.52 Å². The van der Waals surface area contributed by atoms with Gasteiger partial charge in [0.2, 0.25) is 0 Å². The maximum atomic E-state index is 2.26. The minimum atomic E-state index is 0.417. The SMILES string of the molecule is CC(C)=C(C)C.C[SiH2]C. The van der Waals surface area contributed by atoms with Gasteiger partial charge in [0.05, 0.1) is 0 Å². The Morgan fingerprint density at radius 2 is 0.889 bits per heavy atom. The molecule has 0 aliphatic rings. The molecule has 0 atom stereocenters. The number of hydrogen-bond acceptors (Lipinski definition) is 0. The van der Waals surface area contributed by atoms with Gasteiger partial charge in [-0.1, -0.05) is 24.2 Å². The zero-order valence-corrected chi connectivity index (χ0v) is 9.12. The van der Waals surface area contributed by atoms with Gasteiger partial charge in [0.25, 0.3) is 0 Å². The first-order chi connectivity index (χ1) is 4.06. The van der Waals surface area contributed by atoms with Gasteiger partial charge in [0.15, 0.2) is 0 Å². The van der Waals surface area contributed by atoms with Crippen LogP contribution in [-0.4, -0.2) is 9.52 Å². The molecular formula is C8H20Si. The molecule has 0 N–H and O–H groups in total. The molecule has 56 valence electrons. The fourth-order valence-electron chi connectivity index (χ4n) is 0. The first-order valence-corrected chi connectivity index (χ1v) is 6.49. The Hall–Kier alpha value is -0.0431. The molecule has 0 amide bonds. The summed E-state index contributed by atoms with van der Waals surface area (Å²) in [4.78, 5) is 0. The molecule has 0 aromatic carbocycles. The van der Waals surface area contributed by atoms with Gasteiger partial charge in [-0.25, -0.2) is 0 Å². The summed E-state index contributed by atoms with van der Waals surface area (Å²) in [5, 5.41) is 0. The Balaban J connectivity index is 0. The van der Waals surface area contributed by atoms with Crippen molar-refractivity contribution in [1.82, 2.24) is 0 Å². The third-order valence-corrected chi connectivity index (χ3v) is 1.00. The average molecular weight is 144 g/mol. The van der Waals surface area contributed by atoms with Crippen LogP contribution in [0.15, 0.2) is 11.1 Å². The first-order valence-electron chi connectivity index (χ1n) is 3.66. The van der Waals surface area contributed by atoms with Crippen molar-refractivity contribution < 1.29 is 0 Å². The lowest BCUT2D eigenvalue weighted by molar-refractivity contribution is 1.23. The van der Waals surface area contributed by atoms with Crippen LogP contribution in [0, 0.1) is 0 Å². The van der Waals surface area contributed by atoms with Gasteiger partial charge >= 0.3 is 0 Å². The Labute approximate surface area is 62.2 Å². The second-order valence-corrected chi connectivity index (χ2v) is 4.12. The van der Waals surface area contributed by atoms with E-state index in [1.54, 1.807) is 0 Å². The highest BCUT2D eigenvalue weighted by molar-refractivity contribution is 6.31. The summed E-state index contributed by atoms with van der Waals surface area (Å²) in [6.45, 7) is 13.0. The molecule has 1 heteroatoms. The minimum absolute atomic E-state index is 0.417. The van der Waals surface area contributed by atoms with Crippen LogP contribution in [0.1, 0.15) is 27.7 Å². The smallest absolute Gasteiger partial charge is 0.0135 e. The summed E-state index contributed by atoms with van der Waals surface area (Å²) in [5.41, 5.74) is 2.85. The third-order valence-electron chi connectivity index (χ3n) is 1.00. The second-order valence-electron chi connectivity index (χ2n) is 2.71. The predicted molar refractivity (Wildman–Crippen MR) is 50.0 cm³/mol. The van der Waals surface area contributed by atoms with E-state index >= 15 is 0 Å². The molecule has 0 spiro atoms. The zero-order valence-electron chi connectivity index (χ0n) is 7.71. The molecule has 0 fully saturated rings. The number of rotatable bonds is 0. The van der Waals surface area contributed by atoms with E-state index in [0.717, 1.165) is 0 Å². The molecule has 0 heterocycles. The van der Waals surface area contributed by atoms with E-state index in [4.69, 9.17) is 0 Å². The molecule has 0 radical (unpaired) electrons. The van der Waals surface area contributed by atoms with Gasteiger partial charge in [-0.3, -0.25) is 0 Å². The molecule has 0 aliphatic carbocycles. The van der Waals surface area contributed by atoms with E-state index < -0.39 is 0 Å². The quantitative estimate of drug-likeness (QED) is 0.362. The van der Waals surface area contributed by atoms with Crippen molar-refractivity contribution in [1.29, 1.82) is 0 Å². The van der Waals surface area contributed by atoms with Crippen LogP contribution in [0.3, 0.4) is 0 Å². The molecule has 0 aromatic heterocycles. The molecule has 0 aromatic rings. The highest BCUT2D eigenvalue weighted by Gasteiger charge is 1.75. The molecule has 0 bridgehead atoms. The summed E-state index contributed by atoms with van der Waals surface area (Å²) < 4.78 is 0. The Kier molecular flexibility index (Phi) is 10.4. The lowest BCUT2D eigenvalue weighted by Crippen LogP contribution is -1.66. The fourth-order valence-corrected chi connectivity index (χ4v) is 0. The molecule has 9 heavy (non-hydrogen) atoms. The van der Waals surface area contributed by atoms with Gasteiger partial charge in [-0.15, -0.1) is 0 Å². The van der Waals surface area contributed by atoms with Crippen molar-refractivity contribution >= 4 is 9.52 Å². The van der Waals surface area contributed by atoms with Crippen LogP contribution in [0.25, 0.3) is 0 Å². The van der Waals surface area contributed by atoms with Crippen LogP contribution in [0.5, 0.6) is 0 Å². The van der Waals surface area contributed by atoms with Gasteiger partial charge in [-0.05, 0) is 27.7 Å².